The molecule has 2 aliphatic rings. The van der Waals surface area contributed by atoms with Crippen LogP contribution in [0.3, 0.4) is 0 Å². The van der Waals surface area contributed by atoms with E-state index in [-0.39, 0.29) is 17.9 Å². The Bertz CT molecular complexity index is 582. The van der Waals surface area contributed by atoms with Crippen LogP contribution in [0.15, 0.2) is 18.2 Å². The Kier molecular flexibility index (Phi) is 5.41. The average molecular weight is 331 g/mol. The molecule has 0 bridgehead atoms. The monoisotopic (exact) mass is 331 g/mol. The predicted molar refractivity (Wildman–Crippen MR) is 96.4 cm³/mol. The van der Waals surface area contributed by atoms with Crippen molar-refractivity contribution in [1.82, 2.24) is 10.2 Å². The van der Waals surface area contributed by atoms with Crippen LogP contribution >= 0.6 is 0 Å². The summed E-state index contributed by atoms with van der Waals surface area (Å²) >= 11 is 0. The zero-order valence-electron chi connectivity index (χ0n) is 15.0. The number of carbonyl (C=O) groups is 1. The van der Waals surface area contributed by atoms with Gasteiger partial charge in [-0.15, -0.1) is 0 Å². The molecule has 1 aromatic rings. The number of benzene rings is 1. The van der Waals surface area contributed by atoms with Gasteiger partial charge in [-0.25, -0.2) is 0 Å². The standard InChI is InChI=1S/C19H29N3O2/c1-14(2)19(23)20-13-18(22-8-10-24-11-9-22)15-4-5-17-16(12-15)6-7-21(17)3/h4-5,12,14,18H,6-11,13H2,1-3H3,(H,20,23)/t18-/m0/s1. The zero-order valence-corrected chi connectivity index (χ0v) is 15.0. The molecular formula is C19H29N3O2. The molecule has 2 aliphatic heterocycles. The fraction of sp³-hybridized carbons (Fsp3) is 0.632. The first-order chi connectivity index (χ1) is 11.6. The van der Waals surface area contributed by atoms with E-state index in [4.69, 9.17) is 4.74 Å². The van der Waals surface area contributed by atoms with Crippen LogP contribution in [0.4, 0.5) is 5.69 Å². The molecule has 1 amide bonds. The molecule has 2 heterocycles. The zero-order chi connectivity index (χ0) is 17.1. The summed E-state index contributed by atoms with van der Waals surface area (Å²) in [5, 5.41) is 3.12. The summed E-state index contributed by atoms with van der Waals surface area (Å²) in [6.07, 6.45) is 1.11. The van der Waals surface area contributed by atoms with Gasteiger partial charge in [0.25, 0.3) is 0 Å². The maximum atomic E-state index is 12.0. The number of ether oxygens (including phenoxy) is 1. The molecular weight excluding hydrogens is 302 g/mol. The molecule has 0 spiro atoms. The molecule has 1 saturated heterocycles. The maximum absolute atomic E-state index is 12.0. The minimum atomic E-state index is 0.0176. The number of carbonyl (C=O) groups excluding carboxylic acids is 1. The molecule has 1 atom stereocenters. The molecule has 5 nitrogen and oxygen atoms in total. The molecule has 1 N–H and O–H groups in total. The third-order valence-electron chi connectivity index (χ3n) is 5.10. The number of likely N-dealkylation sites (N-methyl/N-ethyl adjacent to an activating group) is 1. The summed E-state index contributed by atoms with van der Waals surface area (Å²) in [5.41, 5.74) is 4.06. The van der Waals surface area contributed by atoms with Crippen LogP contribution in [0.2, 0.25) is 0 Å². The quantitative estimate of drug-likeness (QED) is 0.894. The summed E-state index contributed by atoms with van der Waals surface area (Å²) in [5.74, 6) is 0.137. The molecule has 24 heavy (non-hydrogen) atoms. The normalized spacial score (nSPS) is 19.4. The molecule has 0 unspecified atom stereocenters. The molecule has 1 fully saturated rings. The van der Waals surface area contributed by atoms with Crippen molar-refractivity contribution < 1.29 is 9.53 Å². The van der Waals surface area contributed by atoms with Crippen molar-refractivity contribution >= 4 is 11.6 Å². The van der Waals surface area contributed by atoms with Crippen LogP contribution in [-0.4, -0.2) is 57.2 Å². The molecule has 3 rings (SSSR count). The van der Waals surface area contributed by atoms with E-state index >= 15 is 0 Å². The summed E-state index contributed by atoms with van der Waals surface area (Å²) < 4.78 is 5.50. The van der Waals surface area contributed by atoms with Crippen molar-refractivity contribution in [2.75, 3.05) is 51.3 Å². The second-order valence-electron chi connectivity index (χ2n) is 7.12. The highest BCUT2D eigenvalue weighted by molar-refractivity contribution is 5.77. The van der Waals surface area contributed by atoms with Crippen LogP contribution in [0.25, 0.3) is 0 Å². The van der Waals surface area contributed by atoms with E-state index in [9.17, 15) is 4.79 Å². The Morgan fingerprint density at radius 2 is 2.00 bits per heavy atom. The van der Waals surface area contributed by atoms with Gasteiger partial charge in [-0.3, -0.25) is 9.69 Å². The number of morpholine rings is 1. The van der Waals surface area contributed by atoms with E-state index in [1.807, 2.05) is 13.8 Å². The van der Waals surface area contributed by atoms with E-state index in [0.717, 1.165) is 39.3 Å². The Morgan fingerprint density at radius 1 is 1.25 bits per heavy atom. The second-order valence-corrected chi connectivity index (χ2v) is 7.12. The Hall–Kier alpha value is -1.59. The van der Waals surface area contributed by atoms with Crippen molar-refractivity contribution in [3.8, 4) is 0 Å². The van der Waals surface area contributed by atoms with E-state index in [1.54, 1.807) is 0 Å². The first-order valence-electron chi connectivity index (χ1n) is 8.99. The van der Waals surface area contributed by atoms with Crippen LogP contribution in [0, 0.1) is 5.92 Å². The molecule has 132 valence electrons. The summed E-state index contributed by atoms with van der Waals surface area (Å²) in [7, 11) is 2.15. The SMILES string of the molecule is CC(C)C(=O)NC[C@@H](c1ccc2c(c1)CCN2C)N1CCOCC1. The lowest BCUT2D eigenvalue weighted by Crippen LogP contribution is -2.44. The largest absolute Gasteiger partial charge is 0.379 e. The average Bonchev–Trinajstić information content (AvgIpc) is 2.96. The van der Waals surface area contributed by atoms with Gasteiger partial charge in [0.05, 0.1) is 19.3 Å². The lowest BCUT2D eigenvalue weighted by Gasteiger charge is -2.35. The molecule has 1 aromatic carbocycles. The number of hydrogen-bond acceptors (Lipinski definition) is 4. The molecule has 0 aliphatic carbocycles. The van der Waals surface area contributed by atoms with Gasteiger partial charge in [-0.1, -0.05) is 26.0 Å². The van der Waals surface area contributed by atoms with Gasteiger partial charge in [-0.2, -0.15) is 0 Å². The minimum Gasteiger partial charge on any atom is -0.379 e. The lowest BCUT2D eigenvalue weighted by atomic mass is 10.00. The fourth-order valence-electron chi connectivity index (χ4n) is 3.54. The van der Waals surface area contributed by atoms with Crippen molar-refractivity contribution in [2.45, 2.75) is 26.3 Å². The number of hydrogen-bond donors (Lipinski definition) is 1. The number of nitrogens with one attached hydrogen (secondary N) is 1. The highest BCUT2D eigenvalue weighted by Crippen LogP contribution is 2.31. The first-order valence-corrected chi connectivity index (χ1v) is 8.99. The smallest absolute Gasteiger partial charge is 0.222 e. The topological polar surface area (TPSA) is 44.8 Å². The number of nitrogens with zero attached hydrogens (tertiary/aromatic N) is 2. The van der Waals surface area contributed by atoms with Gasteiger partial charge in [0.1, 0.15) is 0 Å². The number of fused-ring (bicyclic) bond motifs is 1. The molecule has 0 radical (unpaired) electrons. The van der Waals surface area contributed by atoms with Gasteiger partial charge in [-0.05, 0) is 23.6 Å². The third kappa shape index (κ3) is 3.73. The number of amides is 1. The molecule has 0 aromatic heterocycles. The molecule has 5 heteroatoms. The van der Waals surface area contributed by atoms with Gasteiger partial charge in [0, 0.05) is 44.8 Å². The fourth-order valence-corrected chi connectivity index (χ4v) is 3.54. The summed E-state index contributed by atoms with van der Waals surface area (Å²) in [6.45, 7) is 8.98. The second kappa shape index (κ2) is 7.53. The van der Waals surface area contributed by atoms with Gasteiger partial charge in [0.15, 0.2) is 0 Å². The van der Waals surface area contributed by atoms with Crippen LogP contribution in [0.1, 0.15) is 31.0 Å². The van der Waals surface area contributed by atoms with E-state index in [1.165, 1.54) is 16.8 Å². The van der Waals surface area contributed by atoms with Crippen LogP contribution in [-0.2, 0) is 16.0 Å². The van der Waals surface area contributed by atoms with Crippen LogP contribution in [0.5, 0.6) is 0 Å². The lowest BCUT2D eigenvalue weighted by molar-refractivity contribution is -0.124. The van der Waals surface area contributed by atoms with Crippen molar-refractivity contribution in [1.29, 1.82) is 0 Å². The van der Waals surface area contributed by atoms with Crippen LogP contribution < -0.4 is 10.2 Å². The van der Waals surface area contributed by atoms with Crippen molar-refractivity contribution in [3.05, 3.63) is 29.3 Å². The summed E-state index contributed by atoms with van der Waals surface area (Å²) in [6, 6.07) is 7.01. The first kappa shape index (κ1) is 17.2. The van der Waals surface area contributed by atoms with Crippen molar-refractivity contribution in [3.63, 3.8) is 0 Å². The highest BCUT2D eigenvalue weighted by Gasteiger charge is 2.25. The highest BCUT2D eigenvalue weighted by atomic mass is 16.5. The number of anilines is 1. The van der Waals surface area contributed by atoms with Crippen molar-refractivity contribution in [2.24, 2.45) is 5.92 Å². The van der Waals surface area contributed by atoms with Gasteiger partial charge in [0.2, 0.25) is 5.91 Å². The Labute approximate surface area is 145 Å². The van der Waals surface area contributed by atoms with Gasteiger partial charge < -0.3 is 15.0 Å². The summed E-state index contributed by atoms with van der Waals surface area (Å²) in [4.78, 5) is 16.8. The predicted octanol–water partition coefficient (Wildman–Crippen LogP) is 1.82. The Morgan fingerprint density at radius 3 is 2.71 bits per heavy atom. The Balaban J connectivity index is 1.79. The van der Waals surface area contributed by atoms with E-state index in [0.29, 0.717) is 6.54 Å². The molecule has 0 saturated carbocycles. The minimum absolute atomic E-state index is 0.0176. The number of rotatable bonds is 5. The van der Waals surface area contributed by atoms with E-state index < -0.39 is 0 Å². The third-order valence-corrected chi connectivity index (χ3v) is 5.10. The van der Waals surface area contributed by atoms with Gasteiger partial charge >= 0.3 is 0 Å². The van der Waals surface area contributed by atoms with E-state index in [2.05, 4.69) is 40.4 Å². The maximum Gasteiger partial charge on any atom is 0.222 e.